The van der Waals surface area contributed by atoms with Gasteiger partial charge in [-0.15, -0.1) is 0 Å². The van der Waals surface area contributed by atoms with Crippen LogP contribution in [0.5, 0.6) is 0 Å². The summed E-state index contributed by atoms with van der Waals surface area (Å²) in [6.07, 6.45) is 5.66. The smallest absolute Gasteiger partial charge is 0.200 e. The van der Waals surface area contributed by atoms with Gasteiger partial charge in [0.25, 0.3) is 0 Å². The van der Waals surface area contributed by atoms with E-state index in [1.807, 2.05) is 0 Å². The third-order valence-corrected chi connectivity index (χ3v) is 3.88. The Morgan fingerprint density at radius 3 is 2.71 bits per heavy atom. The van der Waals surface area contributed by atoms with Gasteiger partial charge in [0.15, 0.2) is 0 Å². The SMILES string of the molecule is CCCCCn1cc(-c2cccc3ccccc23)nc1N. The maximum atomic E-state index is 6.06. The molecular formula is C18H21N3. The number of unbranched alkanes of at least 4 members (excludes halogenated alkanes) is 2. The molecule has 3 heteroatoms. The maximum absolute atomic E-state index is 6.06. The van der Waals surface area contributed by atoms with Gasteiger partial charge in [-0.1, -0.05) is 62.2 Å². The van der Waals surface area contributed by atoms with E-state index in [1.54, 1.807) is 0 Å². The number of nitrogens with zero attached hydrogens (tertiary/aromatic N) is 2. The van der Waals surface area contributed by atoms with Crippen molar-refractivity contribution in [1.29, 1.82) is 0 Å². The summed E-state index contributed by atoms with van der Waals surface area (Å²) in [5.41, 5.74) is 8.16. The average Bonchev–Trinajstić information content (AvgIpc) is 2.88. The minimum absolute atomic E-state index is 0.606. The van der Waals surface area contributed by atoms with Crippen LogP contribution in [0, 0.1) is 0 Å². The Labute approximate surface area is 125 Å². The Bertz CT molecular complexity index is 738. The first-order valence-electron chi connectivity index (χ1n) is 7.60. The minimum atomic E-state index is 0.606. The van der Waals surface area contributed by atoms with Crippen molar-refractivity contribution in [3.8, 4) is 11.3 Å². The zero-order valence-electron chi connectivity index (χ0n) is 12.4. The molecule has 0 fully saturated rings. The van der Waals surface area contributed by atoms with Crippen molar-refractivity contribution in [3.05, 3.63) is 48.7 Å². The Hall–Kier alpha value is -2.29. The van der Waals surface area contributed by atoms with Crippen molar-refractivity contribution in [2.75, 3.05) is 5.73 Å². The second-order valence-corrected chi connectivity index (χ2v) is 5.41. The lowest BCUT2D eigenvalue weighted by molar-refractivity contribution is 0.608. The molecule has 108 valence electrons. The summed E-state index contributed by atoms with van der Waals surface area (Å²) < 4.78 is 2.06. The number of nitrogen functional groups attached to an aromatic ring is 1. The van der Waals surface area contributed by atoms with Crippen molar-refractivity contribution in [3.63, 3.8) is 0 Å². The fourth-order valence-corrected chi connectivity index (χ4v) is 2.72. The number of aryl methyl sites for hydroxylation is 1. The normalized spacial score (nSPS) is 11.1. The molecule has 3 aromatic rings. The highest BCUT2D eigenvalue weighted by atomic mass is 15.1. The van der Waals surface area contributed by atoms with E-state index in [1.165, 1.54) is 23.6 Å². The Kier molecular flexibility index (Phi) is 3.91. The van der Waals surface area contributed by atoms with Crippen LogP contribution in [0.3, 0.4) is 0 Å². The number of nitrogens with two attached hydrogens (primary N) is 1. The predicted octanol–water partition coefficient (Wildman–Crippen LogP) is 4.48. The quantitative estimate of drug-likeness (QED) is 0.700. The number of benzene rings is 2. The third-order valence-electron chi connectivity index (χ3n) is 3.88. The fraction of sp³-hybridized carbons (Fsp3) is 0.278. The fourth-order valence-electron chi connectivity index (χ4n) is 2.72. The first-order chi connectivity index (χ1) is 10.3. The molecule has 0 saturated heterocycles. The lowest BCUT2D eigenvalue weighted by Crippen LogP contribution is -2.02. The van der Waals surface area contributed by atoms with Crippen LogP contribution in [-0.4, -0.2) is 9.55 Å². The van der Waals surface area contributed by atoms with Gasteiger partial charge in [-0.05, 0) is 17.2 Å². The summed E-state index contributed by atoms with van der Waals surface area (Å²) in [7, 11) is 0. The van der Waals surface area contributed by atoms with E-state index in [0.29, 0.717) is 5.95 Å². The molecule has 0 bridgehead atoms. The molecule has 0 aliphatic rings. The van der Waals surface area contributed by atoms with Crippen LogP contribution >= 0.6 is 0 Å². The molecule has 0 aliphatic heterocycles. The highest BCUT2D eigenvalue weighted by Crippen LogP contribution is 2.28. The zero-order valence-corrected chi connectivity index (χ0v) is 12.4. The van der Waals surface area contributed by atoms with Crippen molar-refractivity contribution in [1.82, 2.24) is 9.55 Å². The van der Waals surface area contributed by atoms with Crippen LogP contribution in [0.25, 0.3) is 22.0 Å². The number of imidazole rings is 1. The molecule has 3 nitrogen and oxygen atoms in total. The number of rotatable bonds is 5. The van der Waals surface area contributed by atoms with Crippen LogP contribution in [0.1, 0.15) is 26.2 Å². The Morgan fingerprint density at radius 2 is 1.86 bits per heavy atom. The van der Waals surface area contributed by atoms with E-state index in [-0.39, 0.29) is 0 Å². The van der Waals surface area contributed by atoms with Crippen LogP contribution in [0.2, 0.25) is 0 Å². The van der Waals surface area contributed by atoms with Crippen LogP contribution in [0.4, 0.5) is 5.95 Å². The number of hydrogen-bond acceptors (Lipinski definition) is 2. The van der Waals surface area contributed by atoms with E-state index in [9.17, 15) is 0 Å². The Morgan fingerprint density at radius 1 is 1.05 bits per heavy atom. The molecule has 0 radical (unpaired) electrons. The monoisotopic (exact) mass is 279 g/mol. The molecule has 3 rings (SSSR count). The Balaban J connectivity index is 1.97. The number of fused-ring (bicyclic) bond motifs is 1. The number of hydrogen-bond donors (Lipinski definition) is 1. The van der Waals surface area contributed by atoms with E-state index in [4.69, 9.17) is 5.73 Å². The standard InChI is InChI=1S/C18H21N3/c1-2-3-6-12-21-13-17(20-18(21)19)16-11-7-9-14-8-4-5-10-15(14)16/h4-5,7-11,13H,2-3,6,12H2,1H3,(H2,19,20). The van der Waals surface area contributed by atoms with Gasteiger partial charge in [0.2, 0.25) is 5.95 Å². The van der Waals surface area contributed by atoms with Crippen LogP contribution in [0.15, 0.2) is 48.7 Å². The molecule has 0 atom stereocenters. The molecule has 0 unspecified atom stereocenters. The van der Waals surface area contributed by atoms with E-state index in [0.717, 1.165) is 24.2 Å². The summed E-state index contributed by atoms with van der Waals surface area (Å²) in [5.74, 6) is 0.606. The average molecular weight is 279 g/mol. The molecule has 1 aromatic heterocycles. The van der Waals surface area contributed by atoms with Gasteiger partial charge in [-0.3, -0.25) is 0 Å². The minimum Gasteiger partial charge on any atom is -0.369 e. The first kappa shape index (κ1) is 13.7. The topological polar surface area (TPSA) is 43.8 Å². The van der Waals surface area contributed by atoms with Gasteiger partial charge in [0.1, 0.15) is 0 Å². The van der Waals surface area contributed by atoms with Crippen molar-refractivity contribution < 1.29 is 0 Å². The van der Waals surface area contributed by atoms with Gasteiger partial charge in [-0.25, -0.2) is 4.98 Å². The maximum Gasteiger partial charge on any atom is 0.200 e. The molecule has 0 amide bonds. The van der Waals surface area contributed by atoms with Gasteiger partial charge >= 0.3 is 0 Å². The van der Waals surface area contributed by atoms with Gasteiger partial charge in [-0.2, -0.15) is 0 Å². The van der Waals surface area contributed by atoms with Gasteiger partial charge < -0.3 is 10.3 Å². The van der Waals surface area contributed by atoms with E-state index < -0.39 is 0 Å². The summed E-state index contributed by atoms with van der Waals surface area (Å²) in [5, 5.41) is 2.45. The van der Waals surface area contributed by atoms with E-state index in [2.05, 4.69) is 65.1 Å². The molecule has 1 heterocycles. The second kappa shape index (κ2) is 6.00. The van der Waals surface area contributed by atoms with Crippen molar-refractivity contribution in [2.24, 2.45) is 0 Å². The first-order valence-corrected chi connectivity index (χ1v) is 7.60. The summed E-state index contributed by atoms with van der Waals surface area (Å²) >= 11 is 0. The molecule has 0 aliphatic carbocycles. The molecular weight excluding hydrogens is 258 g/mol. The molecule has 2 aromatic carbocycles. The third kappa shape index (κ3) is 2.77. The molecule has 0 spiro atoms. The lowest BCUT2D eigenvalue weighted by Gasteiger charge is -2.04. The zero-order chi connectivity index (χ0) is 14.7. The summed E-state index contributed by atoms with van der Waals surface area (Å²) in [6.45, 7) is 3.15. The number of anilines is 1. The highest BCUT2D eigenvalue weighted by molar-refractivity contribution is 5.95. The van der Waals surface area contributed by atoms with Crippen LogP contribution in [-0.2, 0) is 6.54 Å². The largest absolute Gasteiger partial charge is 0.369 e. The molecule has 2 N–H and O–H groups in total. The highest BCUT2D eigenvalue weighted by Gasteiger charge is 2.09. The van der Waals surface area contributed by atoms with Gasteiger partial charge in [0, 0.05) is 18.3 Å². The molecule has 0 saturated carbocycles. The molecule has 21 heavy (non-hydrogen) atoms. The van der Waals surface area contributed by atoms with Gasteiger partial charge in [0.05, 0.1) is 5.69 Å². The summed E-state index contributed by atoms with van der Waals surface area (Å²) in [6, 6.07) is 14.7. The van der Waals surface area contributed by atoms with Crippen molar-refractivity contribution >= 4 is 16.7 Å². The lowest BCUT2D eigenvalue weighted by atomic mass is 10.0. The summed E-state index contributed by atoms with van der Waals surface area (Å²) in [4.78, 5) is 4.55. The van der Waals surface area contributed by atoms with E-state index >= 15 is 0 Å². The van der Waals surface area contributed by atoms with Crippen molar-refractivity contribution in [2.45, 2.75) is 32.7 Å². The predicted molar refractivity (Wildman–Crippen MR) is 89.1 cm³/mol. The second-order valence-electron chi connectivity index (χ2n) is 5.41. The number of aromatic nitrogens is 2. The van der Waals surface area contributed by atoms with Crippen LogP contribution < -0.4 is 5.73 Å².